The number of ether oxygens (including phenoxy) is 2. The third-order valence-electron chi connectivity index (χ3n) is 1.73. The van der Waals surface area contributed by atoms with E-state index in [4.69, 9.17) is 4.74 Å². The van der Waals surface area contributed by atoms with Crippen molar-refractivity contribution >= 4 is 5.97 Å². The Labute approximate surface area is 71.5 Å². The number of carbonyl (C=O) groups excluding carboxylic acids is 1. The number of rotatable bonds is 2. The Hall–Kier alpha value is -1.19. The molecule has 0 aromatic heterocycles. The zero-order chi connectivity index (χ0) is 8.97. The maximum atomic E-state index is 10.7. The second-order valence-electron chi connectivity index (χ2n) is 2.59. The minimum absolute atomic E-state index is 0.320. The Bertz CT molecular complexity index is 200. The van der Waals surface area contributed by atoms with Crippen LogP contribution >= 0.6 is 0 Å². The Morgan fingerprint density at radius 1 is 1.92 bits per heavy atom. The maximum Gasteiger partial charge on any atom is 0.335 e. The molecule has 4 nitrogen and oxygen atoms in total. The van der Waals surface area contributed by atoms with E-state index in [1.807, 2.05) is 0 Å². The molecule has 0 bridgehead atoms. The number of esters is 1. The summed E-state index contributed by atoms with van der Waals surface area (Å²) in [5, 5.41) is 3.04. The highest BCUT2D eigenvalue weighted by Gasteiger charge is 2.18. The molecule has 1 fully saturated rings. The average molecular weight is 171 g/mol. The third-order valence-corrected chi connectivity index (χ3v) is 1.73. The lowest BCUT2D eigenvalue weighted by molar-refractivity contribution is -0.135. The van der Waals surface area contributed by atoms with Crippen molar-refractivity contribution in [1.82, 2.24) is 5.32 Å². The van der Waals surface area contributed by atoms with Crippen molar-refractivity contribution in [1.29, 1.82) is 0 Å². The Kier molecular flexibility index (Phi) is 2.96. The van der Waals surface area contributed by atoms with Gasteiger partial charge in [0.15, 0.2) is 5.88 Å². The van der Waals surface area contributed by atoms with Crippen LogP contribution in [0.4, 0.5) is 0 Å². The van der Waals surface area contributed by atoms with E-state index in [2.05, 4.69) is 17.0 Å². The van der Waals surface area contributed by atoms with Gasteiger partial charge < -0.3 is 14.8 Å². The van der Waals surface area contributed by atoms with Crippen LogP contribution < -0.4 is 5.32 Å². The summed E-state index contributed by atoms with van der Waals surface area (Å²) >= 11 is 0. The molecule has 1 N–H and O–H groups in total. The third kappa shape index (κ3) is 2.15. The van der Waals surface area contributed by atoms with Crippen molar-refractivity contribution in [3.63, 3.8) is 0 Å². The normalized spacial score (nSPS) is 24.8. The van der Waals surface area contributed by atoms with Gasteiger partial charge in [0, 0.05) is 0 Å². The van der Waals surface area contributed by atoms with Crippen molar-refractivity contribution in [2.24, 2.45) is 0 Å². The molecule has 1 heterocycles. The van der Waals surface area contributed by atoms with E-state index in [1.54, 1.807) is 0 Å². The van der Waals surface area contributed by atoms with Crippen molar-refractivity contribution in [3.8, 4) is 0 Å². The molecule has 1 atom stereocenters. The van der Waals surface area contributed by atoms with Gasteiger partial charge in [0.2, 0.25) is 0 Å². The van der Waals surface area contributed by atoms with Crippen LogP contribution in [0.1, 0.15) is 13.3 Å². The SMILES string of the molecule is CCC1CO/C(=C/C(=O)OC)N1. The standard InChI is InChI=1S/C8H13NO3/c1-3-6-5-12-7(9-6)4-8(10)11-2/h4,6,9H,3,5H2,1-2H3/b7-4+. The van der Waals surface area contributed by atoms with Crippen LogP contribution in [0.15, 0.2) is 12.0 Å². The van der Waals surface area contributed by atoms with Gasteiger partial charge in [0.1, 0.15) is 6.61 Å². The quantitative estimate of drug-likeness (QED) is 0.482. The average Bonchev–Trinajstić information content (AvgIpc) is 2.52. The van der Waals surface area contributed by atoms with Crippen molar-refractivity contribution in [2.75, 3.05) is 13.7 Å². The lowest BCUT2D eigenvalue weighted by Crippen LogP contribution is -2.21. The topological polar surface area (TPSA) is 47.6 Å². The van der Waals surface area contributed by atoms with E-state index in [-0.39, 0.29) is 0 Å². The molecule has 1 aliphatic heterocycles. The van der Waals surface area contributed by atoms with Gasteiger partial charge in [-0.3, -0.25) is 0 Å². The van der Waals surface area contributed by atoms with E-state index in [9.17, 15) is 4.79 Å². The largest absolute Gasteiger partial charge is 0.477 e. The van der Waals surface area contributed by atoms with Gasteiger partial charge in [-0.25, -0.2) is 4.79 Å². The lowest BCUT2D eigenvalue weighted by atomic mass is 10.2. The Morgan fingerprint density at radius 2 is 2.67 bits per heavy atom. The molecular weight excluding hydrogens is 158 g/mol. The molecule has 1 aliphatic rings. The summed E-state index contributed by atoms with van der Waals surface area (Å²) in [6.45, 7) is 2.68. The van der Waals surface area contributed by atoms with Crippen LogP contribution in [0, 0.1) is 0 Å². The number of carbonyl (C=O) groups is 1. The van der Waals surface area contributed by atoms with Crippen molar-refractivity contribution < 1.29 is 14.3 Å². The van der Waals surface area contributed by atoms with Crippen molar-refractivity contribution in [3.05, 3.63) is 12.0 Å². The number of nitrogens with one attached hydrogen (secondary N) is 1. The molecule has 0 aromatic carbocycles. The number of methoxy groups -OCH3 is 1. The van der Waals surface area contributed by atoms with E-state index in [0.717, 1.165) is 6.42 Å². The lowest BCUT2D eigenvalue weighted by Gasteiger charge is -2.01. The zero-order valence-corrected chi connectivity index (χ0v) is 7.29. The summed E-state index contributed by atoms with van der Waals surface area (Å²) in [4.78, 5) is 10.7. The van der Waals surface area contributed by atoms with Gasteiger partial charge in [-0.15, -0.1) is 0 Å². The molecular formula is C8H13NO3. The molecule has 0 amide bonds. The second kappa shape index (κ2) is 3.99. The molecule has 1 rings (SSSR count). The van der Waals surface area contributed by atoms with Crippen LogP contribution in [-0.4, -0.2) is 25.7 Å². The van der Waals surface area contributed by atoms with E-state index in [1.165, 1.54) is 13.2 Å². The molecule has 0 radical (unpaired) electrons. The van der Waals surface area contributed by atoms with Gasteiger partial charge in [0.25, 0.3) is 0 Å². The van der Waals surface area contributed by atoms with Crippen LogP contribution in [-0.2, 0) is 14.3 Å². The molecule has 0 spiro atoms. The summed E-state index contributed by atoms with van der Waals surface area (Å²) in [6.07, 6.45) is 2.30. The first kappa shape index (κ1) is 8.90. The smallest absolute Gasteiger partial charge is 0.335 e. The van der Waals surface area contributed by atoms with E-state index < -0.39 is 5.97 Å². The summed E-state index contributed by atoms with van der Waals surface area (Å²) in [5.74, 6) is 0.114. The fraction of sp³-hybridized carbons (Fsp3) is 0.625. The molecule has 4 heteroatoms. The van der Waals surface area contributed by atoms with Gasteiger partial charge in [-0.05, 0) is 6.42 Å². The summed E-state index contributed by atoms with van der Waals surface area (Å²) in [5.41, 5.74) is 0. The monoisotopic (exact) mass is 171 g/mol. The Morgan fingerprint density at radius 3 is 3.17 bits per heavy atom. The predicted molar refractivity (Wildman–Crippen MR) is 43.3 cm³/mol. The minimum atomic E-state index is -0.394. The molecule has 0 saturated carbocycles. The van der Waals surface area contributed by atoms with Crippen molar-refractivity contribution in [2.45, 2.75) is 19.4 Å². The van der Waals surface area contributed by atoms with Crippen LogP contribution in [0.5, 0.6) is 0 Å². The maximum absolute atomic E-state index is 10.7. The van der Waals surface area contributed by atoms with Gasteiger partial charge in [0.05, 0.1) is 19.2 Å². The minimum Gasteiger partial charge on any atom is -0.477 e. The summed E-state index contributed by atoms with van der Waals surface area (Å²) in [6, 6.07) is 0.320. The van der Waals surface area contributed by atoms with Crippen LogP contribution in [0.25, 0.3) is 0 Å². The predicted octanol–water partition coefficient (Wildman–Crippen LogP) is 0.399. The molecule has 1 unspecified atom stereocenters. The van der Waals surface area contributed by atoms with E-state index in [0.29, 0.717) is 18.5 Å². The summed E-state index contributed by atoms with van der Waals surface area (Å²) in [7, 11) is 1.34. The highest BCUT2D eigenvalue weighted by atomic mass is 16.5. The zero-order valence-electron chi connectivity index (χ0n) is 7.29. The first-order chi connectivity index (χ1) is 5.76. The van der Waals surface area contributed by atoms with Gasteiger partial charge in [-0.2, -0.15) is 0 Å². The highest BCUT2D eigenvalue weighted by Crippen LogP contribution is 2.08. The number of hydrogen-bond donors (Lipinski definition) is 1. The molecule has 1 saturated heterocycles. The molecule has 68 valence electrons. The Balaban J connectivity index is 2.45. The molecule has 0 aromatic rings. The highest BCUT2D eigenvalue weighted by molar-refractivity contribution is 5.82. The van der Waals surface area contributed by atoms with Crippen LogP contribution in [0.3, 0.4) is 0 Å². The molecule has 12 heavy (non-hydrogen) atoms. The van der Waals surface area contributed by atoms with Gasteiger partial charge in [-0.1, -0.05) is 6.92 Å². The summed E-state index contributed by atoms with van der Waals surface area (Å²) < 4.78 is 9.62. The first-order valence-electron chi connectivity index (χ1n) is 3.95. The van der Waals surface area contributed by atoms with Gasteiger partial charge >= 0.3 is 5.97 Å². The fourth-order valence-electron chi connectivity index (χ4n) is 0.944. The second-order valence-corrected chi connectivity index (χ2v) is 2.59. The first-order valence-corrected chi connectivity index (χ1v) is 3.95. The fourth-order valence-corrected chi connectivity index (χ4v) is 0.944. The number of hydrogen-bond acceptors (Lipinski definition) is 4. The van der Waals surface area contributed by atoms with E-state index >= 15 is 0 Å². The molecule has 0 aliphatic carbocycles. The van der Waals surface area contributed by atoms with Crippen LogP contribution in [0.2, 0.25) is 0 Å².